The van der Waals surface area contributed by atoms with Crippen LogP contribution in [-0.4, -0.2) is 65.8 Å². The van der Waals surface area contributed by atoms with E-state index in [9.17, 15) is 21.2 Å². The fourth-order valence-corrected chi connectivity index (χ4v) is 5.26. The minimum atomic E-state index is -4.10. The van der Waals surface area contributed by atoms with Gasteiger partial charge in [0, 0.05) is 19.2 Å². The number of hydrogen-bond acceptors (Lipinski definition) is 7. The summed E-state index contributed by atoms with van der Waals surface area (Å²) in [5.74, 6) is -0.720. The van der Waals surface area contributed by atoms with Gasteiger partial charge in [-0.15, -0.1) is 0 Å². The molecule has 12 heteroatoms. The van der Waals surface area contributed by atoms with Gasteiger partial charge in [-0.1, -0.05) is 0 Å². The normalized spacial score (nSPS) is 15.7. The first-order valence-electron chi connectivity index (χ1n) is 8.98. The van der Waals surface area contributed by atoms with Gasteiger partial charge < -0.3 is 14.6 Å². The summed E-state index contributed by atoms with van der Waals surface area (Å²) in [7, 11) is -7.86. The highest BCUT2D eigenvalue weighted by Gasteiger charge is 2.27. The summed E-state index contributed by atoms with van der Waals surface area (Å²) in [6.07, 6.45) is 0. The zero-order valence-electron chi connectivity index (χ0n) is 15.8. The number of halogens is 1. The second kappa shape index (κ2) is 9.27. The summed E-state index contributed by atoms with van der Waals surface area (Å²) in [5.41, 5.74) is -0.0186. The molecule has 1 saturated heterocycles. The smallest absolute Gasteiger partial charge is 0.262 e. The van der Waals surface area contributed by atoms with Crippen molar-refractivity contribution in [1.82, 2.24) is 4.31 Å². The zero-order chi connectivity index (χ0) is 21.8. The summed E-state index contributed by atoms with van der Waals surface area (Å²) in [4.78, 5) is -0.210. The Morgan fingerprint density at radius 2 is 1.67 bits per heavy atom. The summed E-state index contributed by atoms with van der Waals surface area (Å²) in [6.45, 7) is 0.576. The highest BCUT2D eigenvalue weighted by atomic mass is 32.2. The van der Waals surface area contributed by atoms with Crippen LogP contribution in [0.25, 0.3) is 0 Å². The van der Waals surface area contributed by atoms with Crippen molar-refractivity contribution in [3.63, 3.8) is 0 Å². The molecule has 0 aromatic heterocycles. The van der Waals surface area contributed by atoms with Gasteiger partial charge in [0.1, 0.15) is 18.2 Å². The van der Waals surface area contributed by atoms with E-state index in [4.69, 9.17) is 14.6 Å². The number of aliphatic hydroxyl groups is 1. The van der Waals surface area contributed by atoms with Crippen LogP contribution in [0.4, 0.5) is 10.1 Å². The number of benzene rings is 2. The van der Waals surface area contributed by atoms with Gasteiger partial charge in [0.15, 0.2) is 0 Å². The van der Waals surface area contributed by atoms with E-state index in [-0.39, 0.29) is 47.5 Å². The molecule has 2 aromatic carbocycles. The van der Waals surface area contributed by atoms with Crippen LogP contribution in [-0.2, 0) is 24.8 Å². The lowest BCUT2D eigenvalue weighted by Crippen LogP contribution is -2.40. The van der Waals surface area contributed by atoms with Crippen LogP contribution in [0.3, 0.4) is 0 Å². The predicted molar refractivity (Wildman–Crippen MR) is 106 cm³/mol. The number of hydrogen-bond donors (Lipinski definition) is 2. The minimum Gasteiger partial charge on any atom is -0.489 e. The van der Waals surface area contributed by atoms with Crippen LogP contribution < -0.4 is 9.46 Å². The van der Waals surface area contributed by atoms with Crippen molar-refractivity contribution < 1.29 is 35.8 Å². The standard InChI is InChI=1S/C18H21FN2O7S2/c19-14-1-6-17(18(13-14)28-12-9-22)20-29(23,24)15-2-4-16(5-3-15)30(25,26)21-7-10-27-11-8-21/h1-6,13,20,22H,7-12H2. The molecule has 0 bridgehead atoms. The second-order valence-corrected chi connectivity index (χ2v) is 9.93. The molecule has 1 heterocycles. The SMILES string of the molecule is O=S(=O)(Nc1ccc(F)cc1OCCO)c1ccc(S(=O)(=O)N2CCOCC2)cc1. The molecule has 9 nitrogen and oxygen atoms in total. The van der Waals surface area contributed by atoms with E-state index in [1.54, 1.807) is 0 Å². The summed E-state index contributed by atoms with van der Waals surface area (Å²) >= 11 is 0. The first-order valence-corrected chi connectivity index (χ1v) is 11.9. The van der Waals surface area contributed by atoms with E-state index in [1.165, 1.54) is 34.6 Å². The van der Waals surface area contributed by atoms with Gasteiger partial charge >= 0.3 is 0 Å². The third kappa shape index (κ3) is 5.08. The maximum atomic E-state index is 13.5. The van der Waals surface area contributed by atoms with Crippen molar-refractivity contribution in [3.05, 3.63) is 48.3 Å². The molecule has 0 atom stereocenters. The minimum absolute atomic E-state index is 0.0186. The van der Waals surface area contributed by atoms with Crippen molar-refractivity contribution in [2.45, 2.75) is 9.79 Å². The van der Waals surface area contributed by atoms with Gasteiger partial charge in [0.05, 0.1) is 35.3 Å². The average molecular weight is 461 g/mol. The van der Waals surface area contributed by atoms with Gasteiger partial charge in [0.2, 0.25) is 10.0 Å². The number of morpholine rings is 1. The van der Waals surface area contributed by atoms with Crippen molar-refractivity contribution in [1.29, 1.82) is 0 Å². The summed E-state index contributed by atoms with van der Waals surface area (Å²) in [6, 6.07) is 8.02. The number of ether oxygens (including phenoxy) is 2. The van der Waals surface area contributed by atoms with Crippen LogP contribution in [0.2, 0.25) is 0 Å². The molecule has 0 amide bonds. The Kier molecular flexibility index (Phi) is 6.93. The van der Waals surface area contributed by atoms with Crippen LogP contribution >= 0.6 is 0 Å². The molecule has 2 aromatic rings. The van der Waals surface area contributed by atoms with Crippen molar-refractivity contribution >= 4 is 25.7 Å². The van der Waals surface area contributed by atoms with Gasteiger partial charge in [-0.3, -0.25) is 4.72 Å². The number of anilines is 1. The molecule has 164 valence electrons. The molecule has 1 fully saturated rings. The van der Waals surface area contributed by atoms with Crippen molar-refractivity contribution in [3.8, 4) is 5.75 Å². The maximum Gasteiger partial charge on any atom is 0.262 e. The molecular weight excluding hydrogens is 439 g/mol. The quantitative estimate of drug-likeness (QED) is 0.603. The molecular formula is C18H21FN2O7S2. The largest absolute Gasteiger partial charge is 0.489 e. The van der Waals surface area contributed by atoms with Crippen LogP contribution in [0.15, 0.2) is 52.3 Å². The van der Waals surface area contributed by atoms with E-state index in [1.807, 2.05) is 0 Å². The number of sulfonamides is 2. The molecule has 0 radical (unpaired) electrons. The molecule has 1 aliphatic rings. The van der Waals surface area contributed by atoms with Gasteiger partial charge in [-0.05, 0) is 36.4 Å². The Morgan fingerprint density at radius 3 is 2.30 bits per heavy atom. The second-order valence-electron chi connectivity index (χ2n) is 6.31. The fraction of sp³-hybridized carbons (Fsp3) is 0.333. The lowest BCUT2D eigenvalue weighted by molar-refractivity contribution is 0.0730. The van der Waals surface area contributed by atoms with Gasteiger partial charge in [-0.2, -0.15) is 4.31 Å². The van der Waals surface area contributed by atoms with E-state index in [0.29, 0.717) is 13.2 Å². The Labute approximate surface area is 174 Å². The fourth-order valence-electron chi connectivity index (χ4n) is 2.79. The lowest BCUT2D eigenvalue weighted by Gasteiger charge is -2.26. The molecule has 2 N–H and O–H groups in total. The van der Waals surface area contributed by atoms with Crippen LogP contribution in [0.5, 0.6) is 5.75 Å². The average Bonchev–Trinajstić information content (AvgIpc) is 2.74. The summed E-state index contributed by atoms with van der Waals surface area (Å²) < 4.78 is 78.0. The molecule has 0 unspecified atom stereocenters. The third-order valence-electron chi connectivity index (χ3n) is 4.28. The third-order valence-corrected chi connectivity index (χ3v) is 7.57. The monoisotopic (exact) mass is 460 g/mol. The van der Waals surface area contributed by atoms with Gasteiger partial charge in [0.25, 0.3) is 10.0 Å². The van der Waals surface area contributed by atoms with Crippen molar-refractivity contribution in [2.24, 2.45) is 0 Å². The zero-order valence-corrected chi connectivity index (χ0v) is 17.5. The van der Waals surface area contributed by atoms with Crippen LogP contribution in [0, 0.1) is 5.82 Å². The first-order chi connectivity index (χ1) is 14.2. The van der Waals surface area contributed by atoms with E-state index < -0.39 is 25.9 Å². The maximum absolute atomic E-state index is 13.5. The number of aliphatic hydroxyl groups excluding tert-OH is 1. The molecule has 3 rings (SSSR count). The Morgan fingerprint density at radius 1 is 1.03 bits per heavy atom. The Balaban J connectivity index is 1.82. The topological polar surface area (TPSA) is 122 Å². The summed E-state index contributed by atoms with van der Waals surface area (Å²) in [5, 5.41) is 8.87. The number of nitrogens with one attached hydrogen (secondary N) is 1. The molecule has 1 aliphatic heterocycles. The predicted octanol–water partition coefficient (Wildman–Crippen LogP) is 1.02. The molecule has 0 saturated carbocycles. The highest BCUT2D eigenvalue weighted by molar-refractivity contribution is 7.92. The lowest BCUT2D eigenvalue weighted by atomic mass is 10.3. The molecule has 0 spiro atoms. The number of rotatable bonds is 8. The number of nitrogens with zero attached hydrogens (tertiary/aromatic N) is 1. The highest BCUT2D eigenvalue weighted by Crippen LogP contribution is 2.28. The van der Waals surface area contributed by atoms with Gasteiger partial charge in [-0.25, -0.2) is 21.2 Å². The van der Waals surface area contributed by atoms with E-state index in [0.717, 1.165) is 12.1 Å². The van der Waals surface area contributed by atoms with E-state index in [2.05, 4.69) is 4.72 Å². The Hall–Kier alpha value is -2.25. The van der Waals surface area contributed by atoms with Crippen LogP contribution in [0.1, 0.15) is 0 Å². The Bertz CT molecular complexity index is 1080. The van der Waals surface area contributed by atoms with E-state index >= 15 is 0 Å². The van der Waals surface area contributed by atoms with Crippen molar-refractivity contribution in [2.75, 3.05) is 44.2 Å². The molecule has 0 aliphatic carbocycles. The molecule has 30 heavy (non-hydrogen) atoms. The first kappa shape index (κ1) is 22.4.